The van der Waals surface area contributed by atoms with E-state index in [1.807, 2.05) is 18.2 Å². The van der Waals surface area contributed by atoms with Gasteiger partial charge in [0.05, 0.1) is 23.9 Å². The predicted molar refractivity (Wildman–Crippen MR) is 97.6 cm³/mol. The van der Waals surface area contributed by atoms with E-state index in [1.165, 1.54) is 0 Å². The molecule has 3 rings (SSSR count). The van der Waals surface area contributed by atoms with E-state index in [4.69, 9.17) is 14.8 Å². The number of pyridine rings is 1. The first-order chi connectivity index (χ1) is 12.1. The van der Waals surface area contributed by atoms with Crippen LogP contribution in [0.15, 0.2) is 24.4 Å². The number of rotatable bonds is 5. The molecule has 1 aromatic heterocycles. The van der Waals surface area contributed by atoms with Crippen molar-refractivity contribution in [3.8, 4) is 11.8 Å². The van der Waals surface area contributed by atoms with Crippen LogP contribution in [0.2, 0.25) is 6.32 Å². The molecule has 0 spiro atoms. The van der Waals surface area contributed by atoms with Gasteiger partial charge in [0.1, 0.15) is 11.8 Å². The molecule has 7 heteroatoms. The molecule has 2 aromatic rings. The molecule has 0 radical (unpaired) electrons. The maximum atomic E-state index is 9.51. The first-order valence-electron chi connectivity index (χ1n) is 8.60. The summed E-state index contributed by atoms with van der Waals surface area (Å²) in [7, 11) is 0.405. The Bertz CT molecular complexity index is 783. The Hall–Kier alpha value is -2.30. The van der Waals surface area contributed by atoms with Crippen molar-refractivity contribution < 1.29 is 14.8 Å². The van der Waals surface area contributed by atoms with Gasteiger partial charge in [0.15, 0.2) is 0 Å². The molecule has 0 amide bonds. The third-order valence-electron chi connectivity index (χ3n) is 4.93. The van der Waals surface area contributed by atoms with Crippen LogP contribution in [0, 0.1) is 17.2 Å². The number of hydrogen-bond donors (Lipinski definition) is 2. The highest BCUT2D eigenvalue weighted by Crippen LogP contribution is 2.34. The minimum atomic E-state index is -1.22. The highest BCUT2D eigenvalue weighted by Gasteiger charge is 2.24. The Morgan fingerprint density at radius 3 is 2.76 bits per heavy atom. The Morgan fingerprint density at radius 1 is 1.36 bits per heavy atom. The van der Waals surface area contributed by atoms with Crippen LogP contribution in [0.3, 0.4) is 0 Å². The molecule has 0 atom stereocenters. The summed E-state index contributed by atoms with van der Waals surface area (Å²) in [5.74, 6) is 1.24. The Labute approximate surface area is 147 Å². The van der Waals surface area contributed by atoms with Crippen LogP contribution in [-0.2, 0) is 0 Å². The van der Waals surface area contributed by atoms with E-state index in [0.717, 1.165) is 54.7 Å². The van der Waals surface area contributed by atoms with Crippen LogP contribution in [0.4, 0.5) is 5.69 Å². The van der Waals surface area contributed by atoms with Gasteiger partial charge in [-0.05, 0) is 37.2 Å². The number of piperidine rings is 1. The van der Waals surface area contributed by atoms with E-state index in [2.05, 4.69) is 16.0 Å². The number of nitriles is 1. The molecule has 1 fully saturated rings. The zero-order valence-corrected chi connectivity index (χ0v) is 14.4. The average Bonchev–Trinajstić information content (AvgIpc) is 2.65. The van der Waals surface area contributed by atoms with Crippen molar-refractivity contribution in [3.63, 3.8) is 0 Å². The first-order valence-corrected chi connectivity index (χ1v) is 8.60. The normalized spacial score (nSPS) is 15.2. The van der Waals surface area contributed by atoms with Crippen molar-refractivity contribution >= 4 is 23.7 Å². The van der Waals surface area contributed by atoms with Crippen LogP contribution in [-0.4, -0.2) is 42.3 Å². The number of ether oxygens (including phenoxy) is 1. The maximum absolute atomic E-state index is 9.51. The van der Waals surface area contributed by atoms with Gasteiger partial charge in [-0.2, -0.15) is 5.26 Å². The van der Waals surface area contributed by atoms with Crippen LogP contribution < -0.4 is 9.64 Å². The fraction of sp³-hybridized carbons (Fsp3) is 0.444. The fourth-order valence-electron chi connectivity index (χ4n) is 3.54. The Kier molecular flexibility index (Phi) is 5.42. The van der Waals surface area contributed by atoms with Gasteiger partial charge in [0, 0.05) is 30.7 Å². The molecule has 0 bridgehead atoms. The van der Waals surface area contributed by atoms with E-state index in [1.54, 1.807) is 13.3 Å². The van der Waals surface area contributed by atoms with Crippen molar-refractivity contribution in [2.24, 2.45) is 5.92 Å². The number of hydrogen-bond acceptors (Lipinski definition) is 6. The smallest absolute Gasteiger partial charge is 0.451 e. The van der Waals surface area contributed by atoms with Gasteiger partial charge in [-0.15, -0.1) is 0 Å². The third-order valence-corrected chi connectivity index (χ3v) is 4.93. The van der Waals surface area contributed by atoms with Gasteiger partial charge in [-0.25, -0.2) is 0 Å². The molecule has 1 aromatic carbocycles. The Morgan fingerprint density at radius 2 is 2.12 bits per heavy atom. The molecule has 0 aliphatic carbocycles. The summed E-state index contributed by atoms with van der Waals surface area (Å²) >= 11 is 0. The molecule has 2 heterocycles. The SMILES string of the molecule is COc1ccc2c(N3CCC(CCB(O)O)CC3)c(C#N)cnc2c1. The predicted octanol–water partition coefficient (Wildman–Crippen LogP) is 2.19. The van der Waals surface area contributed by atoms with Crippen molar-refractivity contribution in [3.05, 3.63) is 30.0 Å². The van der Waals surface area contributed by atoms with E-state index in [-0.39, 0.29) is 0 Å². The number of fused-ring (bicyclic) bond motifs is 1. The molecule has 1 saturated heterocycles. The molecule has 25 heavy (non-hydrogen) atoms. The topological polar surface area (TPSA) is 89.6 Å². The first kappa shape index (κ1) is 17.5. The largest absolute Gasteiger partial charge is 0.497 e. The van der Waals surface area contributed by atoms with Gasteiger partial charge in [-0.1, -0.05) is 6.42 Å². The summed E-state index contributed by atoms with van der Waals surface area (Å²) in [5, 5.41) is 28.5. The third kappa shape index (κ3) is 3.86. The van der Waals surface area contributed by atoms with Gasteiger partial charge in [0.25, 0.3) is 0 Å². The van der Waals surface area contributed by atoms with Crippen LogP contribution in [0.25, 0.3) is 10.9 Å². The number of nitrogens with zero attached hydrogens (tertiary/aromatic N) is 3. The molecule has 130 valence electrons. The van der Waals surface area contributed by atoms with Crippen LogP contribution >= 0.6 is 0 Å². The second kappa shape index (κ2) is 7.73. The maximum Gasteiger partial charge on any atom is 0.451 e. The molecule has 0 saturated carbocycles. The lowest BCUT2D eigenvalue weighted by molar-refractivity contribution is 0.362. The lowest BCUT2D eigenvalue weighted by Gasteiger charge is -2.34. The lowest BCUT2D eigenvalue weighted by atomic mass is 9.78. The number of anilines is 1. The van der Waals surface area contributed by atoms with Crippen molar-refractivity contribution in [2.75, 3.05) is 25.1 Å². The van der Waals surface area contributed by atoms with E-state index >= 15 is 0 Å². The number of methoxy groups -OCH3 is 1. The zero-order valence-electron chi connectivity index (χ0n) is 14.4. The van der Waals surface area contributed by atoms with Crippen LogP contribution in [0.5, 0.6) is 5.75 Å². The Balaban J connectivity index is 1.84. The van der Waals surface area contributed by atoms with E-state index in [0.29, 0.717) is 17.8 Å². The molecule has 6 nitrogen and oxygen atoms in total. The summed E-state index contributed by atoms with van der Waals surface area (Å²) < 4.78 is 5.26. The highest BCUT2D eigenvalue weighted by molar-refractivity contribution is 6.40. The lowest BCUT2D eigenvalue weighted by Crippen LogP contribution is -2.34. The number of aromatic nitrogens is 1. The molecule has 0 unspecified atom stereocenters. The zero-order chi connectivity index (χ0) is 17.8. The minimum Gasteiger partial charge on any atom is -0.497 e. The molecule has 1 aliphatic heterocycles. The van der Waals surface area contributed by atoms with Gasteiger partial charge in [-0.3, -0.25) is 4.98 Å². The number of benzene rings is 1. The fourth-order valence-corrected chi connectivity index (χ4v) is 3.54. The molecular weight excluding hydrogens is 317 g/mol. The summed E-state index contributed by atoms with van der Waals surface area (Å²) in [5.41, 5.74) is 2.34. The second-order valence-electron chi connectivity index (χ2n) is 6.50. The standard InChI is InChI=1S/C18H22BN3O3/c1-25-15-2-3-16-17(10-15)21-12-14(11-20)18(16)22-8-5-13(6-9-22)4-7-19(23)24/h2-3,10,12-13,23-24H,4-9H2,1H3. The van der Waals surface area contributed by atoms with Crippen molar-refractivity contribution in [1.82, 2.24) is 4.98 Å². The summed E-state index contributed by atoms with van der Waals surface area (Å²) in [6.45, 7) is 1.71. The van der Waals surface area contributed by atoms with Gasteiger partial charge >= 0.3 is 7.12 Å². The minimum absolute atomic E-state index is 0.423. The molecule has 1 aliphatic rings. The van der Waals surface area contributed by atoms with Crippen molar-refractivity contribution in [2.45, 2.75) is 25.6 Å². The summed E-state index contributed by atoms with van der Waals surface area (Å²) in [6.07, 6.45) is 4.84. The average molecular weight is 339 g/mol. The summed E-state index contributed by atoms with van der Waals surface area (Å²) in [6, 6.07) is 8.00. The monoisotopic (exact) mass is 339 g/mol. The van der Waals surface area contributed by atoms with Gasteiger partial charge in [0.2, 0.25) is 0 Å². The quantitative estimate of drug-likeness (QED) is 0.812. The van der Waals surface area contributed by atoms with Crippen LogP contribution in [0.1, 0.15) is 24.8 Å². The van der Waals surface area contributed by atoms with Gasteiger partial charge < -0.3 is 19.7 Å². The molecule has 2 N–H and O–H groups in total. The molecular formula is C18H22BN3O3. The summed E-state index contributed by atoms with van der Waals surface area (Å²) in [4.78, 5) is 6.65. The highest BCUT2D eigenvalue weighted by atomic mass is 16.5. The van der Waals surface area contributed by atoms with Crippen molar-refractivity contribution in [1.29, 1.82) is 5.26 Å². The second-order valence-corrected chi connectivity index (χ2v) is 6.50. The van der Waals surface area contributed by atoms with E-state index in [9.17, 15) is 5.26 Å². The van der Waals surface area contributed by atoms with E-state index < -0.39 is 7.12 Å².